The summed E-state index contributed by atoms with van der Waals surface area (Å²) in [6.45, 7) is 1.22. The van der Waals surface area contributed by atoms with Gasteiger partial charge in [0.05, 0.1) is 45.1 Å². The highest BCUT2D eigenvalue weighted by atomic mass is 16.6. The van der Waals surface area contributed by atoms with Gasteiger partial charge in [-0.05, 0) is 54.4 Å². The number of carbonyl (C=O) groups excluding carboxylic acids is 2. The molecule has 210 valence electrons. The summed E-state index contributed by atoms with van der Waals surface area (Å²) in [6, 6.07) is 12.0. The molecule has 0 bridgehead atoms. The van der Waals surface area contributed by atoms with Crippen molar-refractivity contribution < 1.29 is 42.9 Å². The van der Waals surface area contributed by atoms with Crippen LogP contribution in [0.2, 0.25) is 0 Å². The molecule has 0 unspecified atom stereocenters. The van der Waals surface area contributed by atoms with Gasteiger partial charge in [0, 0.05) is 6.07 Å². The highest BCUT2D eigenvalue weighted by molar-refractivity contribution is 5.93. The number of carbonyl (C=O) groups is 2. The molecular weight excluding hydrogens is 526 g/mol. The molecule has 0 spiro atoms. The predicted molar refractivity (Wildman–Crippen MR) is 143 cm³/mol. The quantitative estimate of drug-likeness (QED) is 0.115. The summed E-state index contributed by atoms with van der Waals surface area (Å²) in [5, 5.41) is 15.0. The lowest BCUT2D eigenvalue weighted by atomic mass is 10.1. The number of benzene rings is 3. The van der Waals surface area contributed by atoms with E-state index in [0.717, 1.165) is 0 Å². The SMILES string of the molecule is COc1cc(/C=N/NC(=O)COc2ccc(C)cc2[N+](=O)[O-])ccc1OC(=O)c1cc(OC)c(OC)c(OC)c1. The molecule has 40 heavy (non-hydrogen) atoms. The third-order valence-electron chi connectivity index (χ3n) is 5.36. The van der Waals surface area contributed by atoms with Gasteiger partial charge >= 0.3 is 11.7 Å². The first-order valence-electron chi connectivity index (χ1n) is 11.6. The topological polar surface area (TPSA) is 157 Å². The number of amides is 1. The Morgan fingerprint density at radius 2 is 1.52 bits per heavy atom. The molecule has 0 heterocycles. The molecule has 3 aromatic carbocycles. The second-order valence-electron chi connectivity index (χ2n) is 8.02. The van der Waals surface area contributed by atoms with E-state index in [1.807, 2.05) is 0 Å². The lowest BCUT2D eigenvalue weighted by Gasteiger charge is -2.14. The van der Waals surface area contributed by atoms with Crippen LogP contribution >= 0.6 is 0 Å². The van der Waals surface area contributed by atoms with E-state index in [2.05, 4.69) is 10.5 Å². The Morgan fingerprint density at radius 3 is 2.12 bits per heavy atom. The molecule has 13 heteroatoms. The van der Waals surface area contributed by atoms with Crippen LogP contribution in [0.3, 0.4) is 0 Å². The van der Waals surface area contributed by atoms with Gasteiger partial charge in [-0.3, -0.25) is 14.9 Å². The van der Waals surface area contributed by atoms with Gasteiger partial charge in [0.2, 0.25) is 5.75 Å². The Hall–Kier alpha value is -5.33. The first-order valence-corrected chi connectivity index (χ1v) is 11.6. The highest BCUT2D eigenvalue weighted by Crippen LogP contribution is 2.39. The van der Waals surface area contributed by atoms with Gasteiger partial charge < -0.3 is 28.4 Å². The molecule has 0 saturated heterocycles. The molecule has 3 rings (SSSR count). The van der Waals surface area contributed by atoms with Crippen molar-refractivity contribution in [1.29, 1.82) is 0 Å². The molecule has 0 radical (unpaired) electrons. The fourth-order valence-electron chi connectivity index (χ4n) is 3.45. The number of aryl methyl sites for hydroxylation is 1. The molecule has 1 N–H and O–H groups in total. The standard InChI is InChI=1S/C27H27N3O10/c1-16-6-8-20(19(10-16)30(33)34)39-15-25(31)29-28-14-17-7-9-21(22(11-17)35-2)40-27(32)18-12-23(36-3)26(38-5)24(13-18)37-4/h6-14H,15H2,1-5H3,(H,29,31)/b28-14+. The van der Waals surface area contributed by atoms with Crippen LogP contribution in [0, 0.1) is 17.0 Å². The first kappa shape index (κ1) is 29.2. The second-order valence-corrected chi connectivity index (χ2v) is 8.02. The van der Waals surface area contributed by atoms with Crippen LogP contribution < -0.4 is 33.8 Å². The summed E-state index contributed by atoms with van der Waals surface area (Å²) in [5.41, 5.74) is 3.39. The van der Waals surface area contributed by atoms with Gasteiger partial charge in [-0.25, -0.2) is 10.2 Å². The van der Waals surface area contributed by atoms with Gasteiger partial charge in [0.25, 0.3) is 5.91 Å². The minimum Gasteiger partial charge on any atom is -0.493 e. The van der Waals surface area contributed by atoms with Crippen molar-refractivity contribution in [2.24, 2.45) is 5.10 Å². The Kier molecular flexibility index (Phi) is 9.84. The third-order valence-corrected chi connectivity index (χ3v) is 5.36. The Labute approximate surface area is 229 Å². The van der Waals surface area contributed by atoms with E-state index in [0.29, 0.717) is 16.9 Å². The van der Waals surface area contributed by atoms with Crippen molar-refractivity contribution in [3.05, 3.63) is 75.3 Å². The molecular formula is C27H27N3O10. The van der Waals surface area contributed by atoms with E-state index < -0.39 is 23.4 Å². The minimum absolute atomic E-state index is 0.0314. The summed E-state index contributed by atoms with van der Waals surface area (Å²) in [7, 11) is 5.71. The fourth-order valence-corrected chi connectivity index (χ4v) is 3.45. The van der Waals surface area contributed by atoms with E-state index in [9.17, 15) is 19.7 Å². The summed E-state index contributed by atoms with van der Waals surface area (Å²) < 4.78 is 31.9. The summed E-state index contributed by atoms with van der Waals surface area (Å²) >= 11 is 0. The molecule has 0 saturated carbocycles. The summed E-state index contributed by atoms with van der Waals surface area (Å²) in [5.74, 6) is -0.0848. The highest BCUT2D eigenvalue weighted by Gasteiger charge is 2.20. The molecule has 0 aromatic heterocycles. The number of ether oxygens (including phenoxy) is 6. The van der Waals surface area contributed by atoms with Crippen LogP contribution in [0.1, 0.15) is 21.5 Å². The van der Waals surface area contributed by atoms with Crippen LogP contribution in [0.25, 0.3) is 0 Å². The van der Waals surface area contributed by atoms with Gasteiger partial charge in [0.1, 0.15) is 0 Å². The van der Waals surface area contributed by atoms with Crippen molar-refractivity contribution in [2.45, 2.75) is 6.92 Å². The Morgan fingerprint density at radius 1 is 0.875 bits per heavy atom. The van der Waals surface area contributed by atoms with Crippen molar-refractivity contribution in [1.82, 2.24) is 5.43 Å². The van der Waals surface area contributed by atoms with Crippen molar-refractivity contribution >= 4 is 23.8 Å². The lowest BCUT2D eigenvalue weighted by molar-refractivity contribution is -0.385. The normalized spacial score (nSPS) is 10.5. The number of methoxy groups -OCH3 is 4. The number of hydrazone groups is 1. The van der Waals surface area contributed by atoms with E-state index >= 15 is 0 Å². The van der Waals surface area contributed by atoms with Crippen LogP contribution in [0.15, 0.2) is 53.6 Å². The number of hydrogen-bond donors (Lipinski definition) is 1. The summed E-state index contributed by atoms with van der Waals surface area (Å²) in [4.78, 5) is 35.5. The number of nitrogens with one attached hydrogen (secondary N) is 1. The number of hydrogen-bond acceptors (Lipinski definition) is 11. The van der Waals surface area contributed by atoms with Crippen molar-refractivity contribution in [2.75, 3.05) is 35.0 Å². The molecule has 3 aromatic rings. The lowest BCUT2D eigenvalue weighted by Crippen LogP contribution is -2.24. The number of nitrogens with zero attached hydrogens (tertiary/aromatic N) is 2. The average molecular weight is 554 g/mol. The third kappa shape index (κ3) is 7.16. The zero-order valence-electron chi connectivity index (χ0n) is 22.4. The number of nitro groups is 1. The van der Waals surface area contributed by atoms with Gasteiger partial charge in [-0.1, -0.05) is 6.07 Å². The van der Waals surface area contributed by atoms with Crippen molar-refractivity contribution in [3.8, 4) is 34.5 Å². The zero-order chi connectivity index (χ0) is 29.2. The van der Waals surface area contributed by atoms with Crippen molar-refractivity contribution in [3.63, 3.8) is 0 Å². The fraction of sp³-hybridized carbons (Fsp3) is 0.222. The second kappa shape index (κ2) is 13.5. The summed E-state index contributed by atoms with van der Waals surface area (Å²) in [6.07, 6.45) is 1.33. The maximum atomic E-state index is 12.8. The van der Waals surface area contributed by atoms with Crippen LogP contribution in [0.4, 0.5) is 5.69 Å². The minimum atomic E-state index is -0.694. The molecule has 0 atom stereocenters. The van der Waals surface area contributed by atoms with Crippen LogP contribution in [-0.2, 0) is 4.79 Å². The molecule has 0 fully saturated rings. The van der Waals surface area contributed by atoms with E-state index in [-0.39, 0.29) is 40.0 Å². The smallest absolute Gasteiger partial charge is 0.343 e. The van der Waals surface area contributed by atoms with E-state index in [1.54, 1.807) is 25.1 Å². The monoisotopic (exact) mass is 553 g/mol. The van der Waals surface area contributed by atoms with Crippen LogP contribution in [0.5, 0.6) is 34.5 Å². The average Bonchev–Trinajstić information content (AvgIpc) is 2.96. The van der Waals surface area contributed by atoms with E-state index in [1.165, 1.54) is 65.0 Å². The van der Waals surface area contributed by atoms with Crippen LogP contribution in [-0.4, -0.2) is 58.1 Å². The molecule has 0 aliphatic carbocycles. The Bertz CT molecular complexity index is 1410. The maximum Gasteiger partial charge on any atom is 0.343 e. The number of rotatable bonds is 12. The largest absolute Gasteiger partial charge is 0.493 e. The van der Waals surface area contributed by atoms with E-state index in [4.69, 9.17) is 28.4 Å². The van der Waals surface area contributed by atoms with Gasteiger partial charge in [-0.15, -0.1) is 0 Å². The zero-order valence-corrected chi connectivity index (χ0v) is 22.4. The molecule has 0 aliphatic rings. The van der Waals surface area contributed by atoms with Gasteiger partial charge in [0.15, 0.2) is 35.4 Å². The first-order chi connectivity index (χ1) is 19.2. The van der Waals surface area contributed by atoms with Gasteiger partial charge in [-0.2, -0.15) is 5.10 Å². The maximum absolute atomic E-state index is 12.8. The Balaban J connectivity index is 1.65. The number of nitro benzene ring substituents is 1. The number of esters is 1. The predicted octanol–water partition coefficient (Wildman–Crippen LogP) is 3.69. The molecule has 1 amide bonds. The molecule has 13 nitrogen and oxygen atoms in total. The molecule has 0 aliphatic heterocycles.